The van der Waals surface area contributed by atoms with Gasteiger partial charge < -0.3 is 30.6 Å². The van der Waals surface area contributed by atoms with Gasteiger partial charge in [-0.3, -0.25) is 28.8 Å². The molecule has 0 saturated heterocycles. The summed E-state index contributed by atoms with van der Waals surface area (Å²) in [7, 11) is 0. The molecule has 0 radical (unpaired) electrons. The lowest BCUT2D eigenvalue weighted by atomic mass is 9.71. The number of rotatable bonds is 21. The standard InChI is InChI=1S/C16H26O4.C11H20O4.C10H18O4/c1-5-11(2)7-6-8-12(3)9-13(4)14(16(19)20)10-15(17)18;1-4-5-7(2)6-9(11(14)15)8(3)10(12)13;1-5-10(3,4)7(9(13)14)6(2)8(11)12/h7,9,13-14H,5-6,8,10H2,1-4H3,(H,17,18)(H,19,20);7-9H,4-6H2,1-3H3,(H,12,13)(H,14,15);6-7H,5H2,1-4H3,(H,11,12)(H,13,14)/b11-7+,12-9+;;. The number of allylic oxidation sites excluding steroid dienone is 4. The first-order valence-electron chi connectivity index (χ1n) is 17.1. The van der Waals surface area contributed by atoms with E-state index in [1.165, 1.54) is 19.4 Å². The van der Waals surface area contributed by atoms with Crippen LogP contribution in [0.5, 0.6) is 0 Å². The molecule has 0 aliphatic rings. The highest BCUT2D eigenvalue weighted by atomic mass is 16.4. The van der Waals surface area contributed by atoms with Crippen molar-refractivity contribution >= 4 is 35.8 Å². The van der Waals surface area contributed by atoms with Gasteiger partial charge in [0.15, 0.2) is 0 Å². The van der Waals surface area contributed by atoms with Crippen molar-refractivity contribution in [1.82, 2.24) is 0 Å². The number of hydrogen-bond acceptors (Lipinski definition) is 6. The molecule has 0 aromatic carbocycles. The van der Waals surface area contributed by atoms with Crippen LogP contribution >= 0.6 is 0 Å². The highest BCUT2D eigenvalue weighted by molar-refractivity contribution is 5.81. The Morgan fingerprint density at radius 1 is 0.673 bits per heavy atom. The van der Waals surface area contributed by atoms with Gasteiger partial charge in [0.25, 0.3) is 0 Å². The summed E-state index contributed by atoms with van der Waals surface area (Å²) in [5.74, 6) is -10.4. The minimum atomic E-state index is -1.07. The van der Waals surface area contributed by atoms with E-state index >= 15 is 0 Å². The Morgan fingerprint density at radius 2 is 1.16 bits per heavy atom. The monoisotopic (exact) mass is 700 g/mol. The number of hydrogen-bond donors (Lipinski definition) is 6. The number of carboxylic acids is 6. The van der Waals surface area contributed by atoms with Crippen LogP contribution in [0.1, 0.15) is 128 Å². The Labute approximate surface area is 292 Å². The molecule has 7 unspecified atom stereocenters. The second kappa shape index (κ2) is 25.3. The van der Waals surface area contributed by atoms with Crippen LogP contribution in [-0.2, 0) is 28.8 Å². The number of aliphatic carboxylic acids is 6. The van der Waals surface area contributed by atoms with Gasteiger partial charge in [-0.15, -0.1) is 0 Å². The fourth-order valence-corrected chi connectivity index (χ4v) is 5.35. The van der Waals surface area contributed by atoms with Gasteiger partial charge in [0.05, 0.1) is 36.0 Å². The zero-order valence-corrected chi connectivity index (χ0v) is 31.5. The van der Waals surface area contributed by atoms with Gasteiger partial charge in [0.1, 0.15) is 0 Å². The lowest BCUT2D eigenvalue weighted by Crippen LogP contribution is -2.38. The van der Waals surface area contributed by atoms with Gasteiger partial charge in [0, 0.05) is 0 Å². The zero-order chi connectivity index (χ0) is 39.2. The molecule has 49 heavy (non-hydrogen) atoms. The molecule has 0 aromatic rings. The summed E-state index contributed by atoms with van der Waals surface area (Å²) in [4.78, 5) is 65.2. The predicted molar refractivity (Wildman–Crippen MR) is 188 cm³/mol. The van der Waals surface area contributed by atoms with E-state index in [0.29, 0.717) is 12.8 Å². The Morgan fingerprint density at radius 3 is 1.51 bits per heavy atom. The summed E-state index contributed by atoms with van der Waals surface area (Å²) in [5.41, 5.74) is 1.96. The second-order valence-electron chi connectivity index (χ2n) is 13.8. The van der Waals surface area contributed by atoms with Crippen molar-refractivity contribution in [3.05, 3.63) is 23.3 Å². The Balaban J connectivity index is -0.000000662. The molecule has 12 heteroatoms. The fraction of sp³-hybridized carbons (Fsp3) is 0.730. The SMILES string of the molecule is CC/C(C)=C/CC/C(C)=C/C(C)C(CC(=O)O)C(=O)O.CCC(C)(C)C(C(=O)O)C(C)C(=O)O.CCCC(C)CC(C(=O)O)C(C)C(=O)O. The molecule has 12 nitrogen and oxygen atoms in total. The molecule has 0 amide bonds. The summed E-state index contributed by atoms with van der Waals surface area (Å²) in [6.07, 6.45) is 9.61. The van der Waals surface area contributed by atoms with Crippen molar-refractivity contribution in [2.24, 2.45) is 46.8 Å². The van der Waals surface area contributed by atoms with Crippen LogP contribution in [0.4, 0.5) is 0 Å². The van der Waals surface area contributed by atoms with Gasteiger partial charge in [-0.25, -0.2) is 0 Å². The van der Waals surface area contributed by atoms with E-state index < -0.39 is 70.8 Å². The lowest BCUT2D eigenvalue weighted by Gasteiger charge is -2.32. The van der Waals surface area contributed by atoms with Crippen molar-refractivity contribution in [3.8, 4) is 0 Å². The minimum absolute atomic E-state index is 0.262. The first-order chi connectivity index (χ1) is 22.4. The fourth-order valence-electron chi connectivity index (χ4n) is 5.35. The summed E-state index contributed by atoms with van der Waals surface area (Å²) < 4.78 is 0. The molecule has 0 aliphatic carbocycles. The third-order valence-electron chi connectivity index (χ3n) is 9.14. The van der Waals surface area contributed by atoms with E-state index in [0.717, 1.165) is 37.7 Å². The molecule has 0 bridgehead atoms. The van der Waals surface area contributed by atoms with Gasteiger partial charge in [-0.05, 0) is 56.8 Å². The average molecular weight is 701 g/mol. The van der Waals surface area contributed by atoms with Crippen LogP contribution in [-0.4, -0.2) is 66.5 Å². The van der Waals surface area contributed by atoms with E-state index in [4.69, 9.17) is 30.6 Å². The molecule has 0 saturated carbocycles. The topological polar surface area (TPSA) is 224 Å². The largest absolute Gasteiger partial charge is 0.481 e. The maximum Gasteiger partial charge on any atom is 0.307 e. The minimum Gasteiger partial charge on any atom is -0.481 e. The van der Waals surface area contributed by atoms with Crippen molar-refractivity contribution in [1.29, 1.82) is 0 Å². The lowest BCUT2D eigenvalue weighted by molar-refractivity contribution is -0.158. The normalized spacial score (nSPS) is 16.1. The summed E-state index contributed by atoms with van der Waals surface area (Å²) >= 11 is 0. The van der Waals surface area contributed by atoms with Gasteiger partial charge in [0.2, 0.25) is 0 Å². The van der Waals surface area contributed by atoms with E-state index in [2.05, 4.69) is 19.9 Å². The van der Waals surface area contributed by atoms with Crippen molar-refractivity contribution in [3.63, 3.8) is 0 Å². The van der Waals surface area contributed by atoms with E-state index in [-0.39, 0.29) is 18.3 Å². The summed E-state index contributed by atoms with van der Waals surface area (Å²) in [5, 5.41) is 53.4. The van der Waals surface area contributed by atoms with Gasteiger partial charge in [-0.2, -0.15) is 0 Å². The quantitative estimate of drug-likeness (QED) is 0.0627. The predicted octanol–water partition coefficient (Wildman–Crippen LogP) is 7.96. The molecule has 0 rings (SSSR count). The van der Waals surface area contributed by atoms with E-state index in [1.807, 2.05) is 33.8 Å². The highest BCUT2D eigenvalue weighted by Crippen LogP contribution is 2.36. The van der Waals surface area contributed by atoms with Crippen LogP contribution in [0, 0.1) is 46.8 Å². The molecule has 0 spiro atoms. The summed E-state index contributed by atoms with van der Waals surface area (Å²) in [6.45, 7) is 20.3. The van der Waals surface area contributed by atoms with E-state index in [1.54, 1.807) is 20.8 Å². The summed E-state index contributed by atoms with van der Waals surface area (Å²) in [6, 6.07) is 0. The third kappa shape index (κ3) is 21.8. The maximum absolute atomic E-state index is 11.1. The van der Waals surface area contributed by atoms with Crippen LogP contribution in [0.15, 0.2) is 23.3 Å². The van der Waals surface area contributed by atoms with Crippen molar-refractivity contribution in [2.75, 3.05) is 0 Å². The molecular weight excluding hydrogens is 636 g/mol. The highest BCUT2D eigenvalue weighted by Gasteiger charge is 2.41. The number of carboxylic acid groups (broad SMARTS) is 6. The molecule has 0 aromatic heterocycles. The zero-order valence-electron chi connectivity index (χ0n) is 31.5. The second-order valence-corrected chi connectivity index (χ2v) is 13.8. The Kier molecular flexibility index (Phi) is 25.7. The molecule has 0 heterocycles. The van der Waals surface area contributed by atoms with E-state index in [9.17, 15) is 28.8 Å². The van der Waals surface area contributed by atoms with Crippen LogP contribution < -0.4 is 0 Å². The van der Waals surface area contributed by atoms with Crippen molar-refractivity contribution < 1.29 is 59.4 Å². The van der Waals surface area contributed by atoms with Crippen LogP contribution in [0.2, 0.25) is 0 Å². The first kappa shape index (κ1) is 49.7. The van der Waals surface area contributed by atoms with Gasteiger partial charge in [-0.1, -0.05) is 105 Å². The molecule has 7 atom stereocenters. The number of carbonyl (C=O) groups is 6. The smallest absolute Gasteiger partial charge is 0.307 e. The molecule has 0 fully saturated rings. The van der Waals surface area contributed by atoms with Crippen LogP contribution in [0.25, 0.3) is 0 Å². The Hall–Kier alpha value is -3.70. The molecule has 284 valence electrons. The van der Waals surface area contributed by atoms with Gasteiger partial charge >= 0.3 is 35.8 Å². The Bertz CT molecular complexity index is 1120. The maximum atomic E-state index is 11.1. The molecular formula is C37H64O12. The average Bonchev–Trinajstić information content (AvgIpc) is 2.98. The molecule has 6 N–H and O–H groups in total. The third-order valence-corrected chi connectivity index (χ3v) is 9.14. The first-order valence-corrected chi connectivity index (χ1v) is 17.1. The van der Waals surface area contributed by atoms with Crippen LogP contribution in [0.3, 0.4) is 0 Å². The molecule has 0 aliphatic heterocycles. The van der Waals surface area contributed by atoms with Crippen molar-refractivity contribution in [2.45, 2.75) is 128 Å².